The maximum atomic E-state index is 6.02. The quantitative estimate of drug-likeness (QED) is 0.840. The van der Waals surface area contributed by atoms with Crippen LogP contribution in [0.5, 0.6) is 0 Å². The van der Waals surface area contributed by atoms with Gasteiger partial charge in [-0.15, -0.1) is 0 Å². The Morgan fingerprint density at radius 2 is 2.11 bits per heavy atom. The summed E-state index contributed by atoms with van der Waals surface area (Å²) in [5.74, 6) is 0. The van der Waals surface area contributed by atoms with E-state index in [9.17, 15) is 0 Å². The van der Waals surface area contributed by atoms with E-state index in [4.69, 9.17) is 29.6 Å². The van der Waals surface area contributed by atoms with Gasteiger partial charge in [-0.1, -0.05) is 48.8 Å². The molecule has 2 nitrogen and oxygen atoms in total. The molecule has 0 bridgehead atoms. The van der Waals surface area contributed by atoms with Crippen LogP contribution in [-0.4, -0.2) is 22.5 Å². The Labute approximate surface area is 119 Å². The first-order chi connectivity index (χ1) is 8.65. The largest absolute Gasteiger partial charge is 0.392 e. The molecule has 0 spiro atoms. The fraction of sp³-hybridized carbons (Fsp3) is 0.500. The van der Waals surface area contributed by atoms with E-state index in [1.54, 1.807) is 0 Å². The Balaban J connectivity index is 2.06. The molecule has 0 aromatic heterocycles. The summed E-state index contributed by atoms with van der Waals surface area (Å²) < 4.78 is 0. The van der Waals surface area contributed by atoms with Crippen LogP contribution in [0.15, 0.2) is 24.3 Å². The van der Waals surface area contributed by atoms with Crippen molar-refractivity contribution in [1.82, 2.24) is 4.90 Å². The molecule has 0 radical (unpaired) electrons. The first-order valence-corrected chi connectivity index (χ1v) is 7.20. The van der Waals surface area contributed by atoms with E-state index in [1.165, 1.54) is 31.2 Å². The average Bonchev–Trinajstić information content (AvgIpc) is 2.80. The van der Waals surface area contributed by atoms with Gasteiger partial charge in [-0.2, -0.15) is 0 Å². The lowest BCUT2D eigenvalue weighted by Gasteiger charge is -2.28. The van der Waals surface area contributed by atoms with Crippen molar-refractivity contribution in [2.75, 3.05) is 6.54 Å². The molecule has 0 aliphatic heterocycles. The van der Waals surface area contributed by atoms with Crippen LogP contribution >= 0.6 is 23.8 Å². The monoisotopic (exact) mass is 282 g/mol. The zero-order chi connectivity index (χ0) is 13.0. The van der Waals surface area contributed by atoms with Gasteiger partial charge in [0, 0.05) is 24.2 Å². The molecule has 0 atom stereocenters. The SMILES string of the molecule is NC(=S)CN(Cc1cccc(Cl)c1)C1CCCC1. The summed E-state index contributed by atoms with van der Waals surface area (Å²) in [6, 6.07) is 8.63. The fourth-order valence-electron chi connectivity index (χ4n) is 2.65. The minimum absolute atomic E-state index is 0.573. The Bertz CT molecular complexity index is 416. The van der Waals surface area contributed by atoms with Crippen LogP contribution in [0.2, 0.25) is 5.02 Å². The number of nitrogens with two attached hydrogens (primary N) is 1. The molecule has 4 heteroatoms. The fourth-order valence-corrected chi connectivity index (χ4v) is 3.03. The van der Waals surface area contributed by atoms with Gasteiger partial charge >= 0.3 is 0 Å². The third-order valence-corrected chi connectivity index (χ3v) is 3.84. The molecule has 1 fully saturated rings. The number of thiocarbonyl (C=S) groups is 1. The van der Waals surface area contributed by atoms with Gasteiger partial charge < -0.3 is 5.73 Å². The zero-order valence-electron chi connectivity index (χ0n) is 10.4. The van der Waals surface area contributed by atoms with E-state index in [0.717, 1.165) is 11.6 Å². The van der Waals surface area contributed by atoms with Gasteiger partial charge in [-0.05, 0) is 30.5 Å². The second-order valence-electron chi connectivity index (χ2n) is 4.94. The molecule has 1 saturated carbocycles. The lowest BCUT2D eigenvalue weighted by molar-refractivity contribution is 0.219. The molecule has 0 unspecified atom stereocenters. The summed E-state index contributed by atoms with van der Waals surface area (Å²) in [4.78, 5) is 2.96. The van der Waals surface area contributed by atoms with Crippen molar-refractivity contribution in [2.24, 2.45) is 5.73 Å². The van der Waals surface area contributed by atoms with Gasteiger partial charge in [-0.3, -0.25) is 4.90 Å². The zero-order valence-corrected chi connectivity index (χ0v) is 12.0. The summed E-state index contributed by atoms with van der Waals surface area (Å²) >= 11 is 11.1. The normalized spacial score (nSPS) is 16.3. The average molecular weight is 283 g/mol. The first-order valence-electron chi connectivity index (χ1n) is 6.42. The maximum Gasteiger partial charge on any atom is 0.0870 e. The van der Waals surface area contributed by atoms with E-state index in [0.29, 0.717) is 17.6 Å². The molecule has 18 heavy (non-hydrogen) atoms. The summed E-state index contributed by atoms with van der Waals surface area (Å²) in [6.45, 7) is 1.58. The van der Waals surface area contributed by atoms with Crippen molar-refractivity contribution in [2.45, 2.75) is 38.3 Å². The number of hydrogen-bond acceptors (Lipinski definition) is 2. The van der Waals surface area contributed by atoms with Gasteiger partial charge in [0.1, 0.15) is 0 Å². The molecule has 0 heterocycles. The number of halogens is 1. The molecule has 1 aliphatic carbocycles. The minimum Gasteiger partial charge on any atom is -0.392 e. The van der Waals surface area contributed by atoms with Crippen LogP contribution in [0, 0.1) is 0 Å². The van der Waals surface area contributed by atoms with E-state index in [2.05, 4.69) is 11.0 Å². The Hall–Kier alpha value is -0.640. The van der Waals surface area contributed by atoms with Crippen molar-refractivity contribution in [1.29, 1.82) is 0 Å². The molecular weight excluding hydrogens is 264 g/mol. The summed E-state index contributed by atoms with van der Waals surface area (Å²) in [7, 11) is 0. The summed E-state index contributed by atoms with van der Waals surface area (Å²) in [5.41, 5.74) is 6.94. The highest BCUT2D eigenvalue weighted by molar-refractivity contribution is 7.80. The van der Waals surface area contributed by atoms with Crippen LogP contribution in [-0.2, 0) is 6.54 Å². The predicted molar refractivity (Wildman–Crippen MR) is 80.9 cm³/mol. The summed E-state index contributed by atoms with van der Waals surface area (Å²) in [6.07, 6.45) is 5.13. The van der Waals surface area contributed by atoms with Crippen LogP contribution in [0.1, 0.15) is 31.2 Å². The molecule has 98 valence electrons. The molecular formula is C14H19ClN2S. The highest BCUT2D eigenvalue weighted by Crippen LogP contribution is 2.25. The topological polar surface area (TPSA) is 29.3 Å². The molecule has 1 aliphatic rings. The molecule has 2 rings (SSSR count). The second kappa shape index (κ2) is 6.50. The lowest BCUT2D eigenvalue weighted by Crippen LogP contribution is -2.38. The highest BCUT2D eigenvalue weighted by Gasteiger charge is 2.22. The van der Waals surface area contributed by atoms with Crippen molar-refractivity contribution >= 4 is 28.8 Å². The Morgan fingerprint density at radius 3 is 2.72 bits per heavy atom. The Morgan fingerprint density at radius 1 is 1.39 bits per heavy atom. The van der Waals surface area contributed by atoms with Gasteiger partial charge in [-0.25, -0.2) is 0 Å². The molecule has 0 saturated heterocycles. The van der Waals surface area contributed by atoms with Crippen molar-refractivity contribution in [3.63, 3.8) is 0 Å². The van der Waals surface area contributed by atoms with Crippen molar-refractivity contribution in [3.05, 3.63) is 34.9 Å². The van der Waals surface area contributed by atoms with E-state index >= 15 is 0 Å². The predicted octanol–water partition coefficient (Wildman–Crippen LogP) is 3.37. The standard InChI is InChI=1S/C14H19ClN2S/c15-12-5-3-4-11(8-12)9-17(10-14(16)18)13-6-1-2-7-13/h3-5,8,13H,1-2,6-7,9-10H2,(H2,16,18). The second-order valence-corrected chi connectivity index (χ2v) is 5.90. The van der Waals surface area contributed by atoms with Crippen molar-refractivity contribution in [3.8, 4) is 0 Å². The Kier molecular flexibility index (Phi) is 4.98. The first kappa shape index (κ1) is 13.8. The number of hydrogen-bond donors (Lipinski definition) is 1. The van der Waals surface area contributed by atoms with E-state index in [-0.39, 0.29) is 0 Å². The highest BCUT2D eigenvalue weighted by atomic mass is 35.5. The molecule has 1 aromatic rings. The molecule has 0 amide bonds. The third-order valence-electron chi connectivity index (χ3n) is 3.47. The lowest BCUT2D eigenvalue weighted by atomic mass is 10.1. The van der Waals surface area contributed by atoms with Crippen LogP contribution in [0.3, 0.4) is 0 Å². The van der Waals surface area contributed by atoms with Crippen molar-refractivity contribution < 1.29 is 0 Å². The number of rotatable bonds is 5. The van der Waals surface area contributed by atoms with Crippen LogP contribution in [0.25, 0.3) is 0 Å². The van der Waals surface area contributed by atoms with Crippen LogP contribution in [0.4, 0.5) is 0 Å². The third kappa shape index (κ3) is 3.94. The summed E-state index contributed by atoms with van der Waals surface area (Å²) in [5, 5.41) is 0.786. The number of nitrogens with zero attached hydrogens (tertiary/aromatic N) is 1. The van der Waals surface area contributed by atoms with E-state index in [1.807, 2.05) is 18.2 Å². The van der Waals surface area contributed by atoms with Gasteiger partial charge in [0.15, 0.2) is 0 Å². The molecule has 1 aromatic carbocycles. The van der Waals surface area contributed by atoms with Gasteiger partial charge in [0.05, 0.1) is 4.99 Å². The molecule has 2 N–H and O–H groups in total. The van der Waals surface area contributed by atoms with Gasteiger partial charge in [0.25, 0.3) is 0 Å². The van der Waals surface area contributed by atoms with E-state index < -0.39 is 0 Å². The van der Waals surface area contributed by atoms with Gasteiger partial charge in [0.2, 0.25) is 0 Å². The maximum absolute atomic E-state index is 6.02. The number of benzene rings is 1. The van der Waals surface area contributed by atoms with Crippen LogP contribution < -0.4 is 5.73 Å². The minimum atomic E-state index is 0.573. The smallest absolute Gasteiger partial charge is 0.0870 e.